The first kappa shape index (κ1) is 12.3. The lowest BCUT2D eigenvalue weighted by molar-refractivity contribution is 0.0921. The minimum absolute atomic E-state index is 0.216. The Balaban J connectivity index is 2.72. The molecule has 0 spiro atoms. The summed E-state index contributed by atoms with van der Waals surface area (Å²) in [6.07, 6.45) is 3.11. The second-order valence-electron chi connectivity index (χ2n) is 3.52. The number of pyridine rings is 1. The van der Waals surface area contributed by atoms with Crippen molar-refractivity contribution in [3.05, 3.63) is 30.1 Å². The first-order valence-corrected chi connectivity index (χ1v) is 5.53. The summed E-state index contributed by atoms with van der Waals surface area (Å²) < 4.78 is 0. The molecule has 0 aliphatic rings. The van der Waals surface area contributed by atoms with Crippen LogP contribution < -0.4 is 5.32 Å². The first-order valence-electron chi connectivity index (χ1n) is 4.46. The lowest BCUT2D eigenvalue weighted by Gasteiger charge is -2.25. The maximum Gasteiger partial charge on any atom is 0.253 e. The Bertz CT molecular complexity index is 325. The van der Waals surface area contributed by atoms with Crippen molar-refractivity contribution in [1.82, 2.24) is 10.3 Å². The van der Waals surface area contributed by atoms with Crippen LogP contribution in [0.5, 0.6) is 0 Å². The van der Waals surface area contributed by atoms with Gasteiger partial charge in [0.1, 0.15) is 0 Å². The molecule has 0 aliphatic carbocycles. The molecule has 0 fully saturated rings. The summed E-state index contributed by atoms with van der Waals surface area (Å²) in [5.74, 6) is 0.317. The molecule has 3 nitrogen and oxygen atoms in total. The first-order chi connectivity index (χ1) is 7.11. The third-order valence-corrected chi connectivity index (χ3v) is 3.11. The molecule has 0 aromatic carbocycles. The number of aromatic nitrogens is 1. The number of hydrogen-bond donors (Lipinski definition) is 1. The van der Waals surface area contributed by atoms with Crippen molar-refractivity contribution in [2.45, 2.75) is 12.5 Å². The van der Waals surface area contributed by atoms with Crippen LogP contribution in [-0.4, -0.2) is 28.2 Å². The van der Waals surface area contributed by atoms with Gasteiger partial charge in [-0.15, -0.1) is 23.2 Å². The van der Waals surface area contributed by atoms with Gasteiger partial charge >= 0.3 is 0 Å². The molecule has 0 radical (unpaired) electrons. The second kappa shape index (κ2) is 5.33. The van der Waals surface area contributed by atoms with E-state index in [1.165, 1.54) is 6.20 Å². The highest BCUT2D eigenvalue weighted by Crippen LogP contribution is 2.10. The highest BCUT2D eigenvalue weighted by molar-refractivity contribution is 6.22. The minimum atomic E-state index is -0.587. The Morgan fingerprint density at radius 1 is 1.53 bits per heavy atom. The normalized spacial score (nSPS) is 11.1. The van der Waals surface area contributed by atoms with Crippen LogP contribution in [0.2, 0.25) is 0 Å². The topological polar surface area (TPSA) is 42.0 Å². The summed E-state index contributed by atoms with van der Waals surface area (Å²) in [5.41, 5.74) is -0.0882. The number of carbonyl (C=O) groups excluding carboxylic acids is 1. The van der Waals surface area contributed by atoms with E-state index >= 15 is 0 Å². The maximum atomic E-state index is 11.7. The van der Waals surface area contributed by atoms with Crippen LogP contribution in [0.15, 0.2) is 24.5 Å². The Morgan fingerprint density at radius 3 is 2.67 bits per heavy atom. The third kappa shape index (κ3) is 3.36. The van der Waals surface area contributed by atoms with Gasteiger partial charge in [-0.1, -0.05) is 0 Å². The summed E-state index contributed by atoms with van der Waals surface area (Å²) in [4.78, 5) is 15.6. The van der Waals surface area contributed by atoms with Crippen LogP contribution >= 0.6 is 23.2 Å². The fourth-order valence-electron chi connectivity index (χ4n) is 0.946. The van der Waals surface area contributed by atoms with E-state index in [0.29, 0.717) is 5.56 Å². The van der Waals surface area contributed by atoms with Crippen LogP contribution in [-0.2, 0) is 0 Å². The maximum absolute atomic E-state index is 11.7. The molecule has 0 saturated carbocycles. The van der Waals surface area contributed by atoms with Crippen LogP contribution in [0.3, 0.4) is 0 Å². The predicted octanol–water partition coefficient (Wildman–Crippen LogP) is 2.05. The molecule has 1 aromatic rings. The molecule has 0 bridgehead atoms. The van der Waals surface area contributed by atoms with Gasteiger partial charge in [-0.3, -0.25) is 9.78 Å². The minimum Gasteiger partial charge on any atom is -0.344 e. The predicted molar refractivity (Wildman–Crippen MR) is 61.5 cm³/mol. The molecule has 15 heavy (non-hydrogen) atoms. The van der Waals surface area contributed by atoms with Gasteiger partial charge in [0, 0.05) is 24.2 Å². The number of rotatable bonds is 4. The van der Waals surface area contributed by atoms with E-state index in [9.17, 15) is 4.79 Å². The number of halogens is 2. The van der Waals surface area contributed by atoms with Gasteiger partial charge in [0.15, 0.2) is 0 Å². The van der Waals surface area contributed by atoms with Crippen molar-refractivity contribution in [3.8, 4) is 0 Å². The molecule has 82 valence electrons. The fourth-order valence-corrected chi connectivity index (χ4v) is 1.37. The number of alkyl halides is 2. The zero-order valence-electron chi connectivity index (χ0n) is 8.34. The molecular formula is C10H12Cl2N2O. The summed E-state index contributed by atoms with van der Waals surface area (Å²) in [7, 11) is 0. The molecule has 0 unspecified atom stereocenters. The van der Waals surface area contributed by atoms with Gasteiger partial charge in [-0.05, 0) is 19.1 Å². The smallest absolute Gasteiger partial charge is 0.253 e. The van der Waals surface area contributed by atoms with Crippen molar-refractivity contribution in [3.63, 3.8) is 0 Å². The molecule has 1 amide bonds. The molecule has 0 aliphatic heterocycles. The summed E-state index contributed by atoms with van der Waals surface area (Å²) in [5, 5.41) is 2.77. The van der Waals surface area contributed by atoms with E-state index in [1.54, 1.807) is 25.3 Å². The lowest BCUT2D eigenvalue weighted by atomic mass is 10.1. The number of amides is 1. The quantitative estimate of drug-likeness (QED) is 0.827. The fraction of sp³-hybridized carbons (Fsp3) is 0.400. The van der Waals surface area contributed by atoms with E-state index < -0.39 is 5.54 Å². The lowest BCUT2D eigenvalue weighted by Crippen LogP contribution is -2.49. The van der Waals surface area contributed by atoms with Crippen molar-refractivity contribution >= 4 is 29.1 Å². The monoisotopic (exact) mass is 246 g/mol. The highest BCUT2D eigenvalue weighted by Gasteiger charge is 2.24. The Labute approximate surface area is 98.8 Å². The van der Waals surface area contributed by atoms with Crippen molar-refractivity contribution < 1.29 is 4.79 Å². The zero-order chi connectivity index (χ0) is 11.3. The summed E-state index contributed by atoms with van der Waals surface area (Å²) >= 11 is 11.5. The van der Waals surface area contributed by atoms with Crippen LogP contribution in [0, 0.1) is 0 Å². The van der Waals surface area contributed by atoms with E-state index in [4.69, 9.17) is 23.2 Å². The molecule has 1 aromatic heterocycles. The van der Waals surface area contributed by atoms with Gasteiger partial charge in [-0.25, -0.2) is 0 Å². The van der Waals surface area contributed by atoms with Gasteiger partial charge in [0.2, 0.25) is 0 Å². The van der Waals surface area contributed by atoms with Crippen molar-refractivity contribution in [2.24, 2.45) is 0 Å². The molecule has 1 N–H and O–H groups in total. The van der Waals surface area contributed by atoms with E-state index in [2.05, 4.69) is 10.3 Å². The van der Waals surface area contributed by atoms with Gasteiger partial charge < -0.3 is 5.32 Å². The van der Waals surface area contributed by atoms with Crippen LogP contribution in [0.4, 0.5) is 0 Å². The molecule has 1 heterocycles. The van der Waals surface area contributed by atoms with Crippen molar-refractivity contribution in [1.29, 1.82) is 0 Å². The average molecular weight is 247 g/mol. The Hall–Kier alpha value is -0.800. The molecular weight excluding hydrogens is 235 g/mol. The Kier molecular flexibility index (Phi) is 4.36. The number of nitrogens with zero attached hydrogens (tertiary/aromatic N) is 1. The third-order valence-electron chi connectivity index (χ3n) is 1.93. The molecule has 1 rings (SSSR count). The molecule has 0 atom stereocenters. The van der Waals surface area contributed by atoms with E-state index in [1.807, 2.05) is 0 Å². The Morgan fingerprint density at radius 2 is 2.20 bits per heavy atom. The van der Waals surface area contributed by atoms with Gasteiger partial charge in [0.25, 0.3) is 5.91 Å². The second-order valence-corrected chi connectivity index (χ2v) is 4.06. The molecule has 5 heteroatoms. The number of nitrogens with one attached hydrogen (secondary N) is 1. The van der Waals surface area contributed by atoms with Crippen LogP contribution in [0.25, 0.3) is 0 Å². The average Bonchev–Trinajstić information content (AvgIpc) is 2.30. The van der Waals surface area contributed by atoms with Crippen LogP contribution in [0.1, 0.15) is 17.3 Å². The number of carbonyl (C=O) groups is 1. The van der Waals surface area contributed by atoms with E-state index in [0.717, 1.165) is 0 Å². The summed E-state index contributed by atoms with van der Waals surface area (Å²) in [6.45, 7) is 1.79. The highest BCUT2D eigenvalue weighted by atomic mass is 35.5. The SMILES string of the molecule is CC(CCl)(CCl)NC(=O)c1cccnc1. The number of hydrogen-bond acceptors (Lipinski definition) is 2. The van der Waals surface area contributed by atoms with Crippen molar-refractivity contribution in [2.75, 3.05) is 11.8 Å². The van der Waals surface area contributed by atoms with Gasteiger partial charge in [0.05, 0.1) is 11.1 Å². The molecule has 0 saturated heterocycles. The zero-order valence-corrected chi connectivity index (χ0v) is 9.85. The van der Waals surface area contributed by atoms with Gasteiger partial charge in [-0.2, -0.15) is 0 Å². The van der Waals surface area contributed by atoms with E-state index in [-0.39, 0.29) is 17.7 Å². The standard InChI is InChI=1S/C10H12Cl2N2O/c1-10(6-11,7-12)14-9(15)8-3-2-4-13-5-8/h2-5H,6-7H2,1H3,(H,14,15). The largest absolute Gasteiger partial charge is 0.344 e. The summed E-state index contributed by atoms with van der Waals surface area (Å²) in [6, 6.07) is 3.39.